The lowest BCUT2D eigenvalue weighted by Crippen LogP contribution is -2.28. The molecule has 0 fully saturated rings. The average molecular weight is 423 g/mol. The highest BCUT2D eigenvalue weighted by atomic mass is 19.1. The number of para-hydroxylation sites is 1. The van der Waals surface area contributed by atoms with E-state index in [9.17, 15) is 14.0 Å². The first kappa shape index (κ1) is 21.8. The van der Waals surface area contributed by atoms with Crippen LogP contribution in [0.4, 0.5) is 10.1 Å². The number of halogens is 1. The van der Waals surface area contributed by atoms with Crippen LogP contribution in [0.15, 0.2) is 72.8 Å². The highest BCUT2D eigenvalue weighted by Crippen LogP contribution is 2.28. The molecular weight excluding hydrogens is 401 g/mol. The van der Waals surface area contributed by atoms with Gasteiger partial charge in [0, 0.05) is 5.56 Å². The second kappa shape index (κ2) is 10.2. The molecule has 3 aromatic carbocycles. The van der Waals surface area contributed by atoms with Crippen molar-refractivity contribution in [3.63, 3.8) is 0 Å². The van der Waals surface area contributed by atoms with Crippen molar-refractivity contribution in [2.24, 2.45) is 0 Å². The van der Waals surface area contributed by atoms with E-state index in [1.807, 2.05) is 13.0 Å². The van der Waals surface area contributed by atoms with E-state index in [1.165, 1.54) is 25.3 Å². The summed E-state index contributed by atoms with van der Waals surface area (Å²) in [6.07, 6.45) is -1.23. The number of carbonyl (C=O) groups excluding carboxylic acids is 2. The summed E-state index contributed by atoms with van der Waals surface area (Å²) in [5.41, 5.74) is 1.85. The molecule has 0 aliphatic heterocycles. The molecule has 0 bridgehead atoms. The highest BCUT2D eigenvalue weighted by molar-refractivity contribution is 5.97. The van der Waals surface area contributed by atoms with Gasteiger partial charge in [-0.25, -0.2) is 9.18 Å². The first-order chi connectivity index (χ1) is 15.0. The van der Waals surface area contributed by atoms with Gasteiger partial charge in [-0.05, 0) is 36.8 Å². The number of benzene rings is 3. The van der Waals surface area contributed by atoms with Crippen molar-refractivity contribution in [1.82, 2.24) is 0 Å². The van der Waals surface area contributed by atoms with Gasteiger partial charge < -0.3 is 19.5 Å². The standard InChI is InChI=1S/C24H22FNO5/c1-16-12-13-21(29-2)19(14-16)26-24(28)23(17-8-4-3-5-9-17)31-22(27)15-30-20-11-7-6-10-18(20)25/h3-14,23H,15H2,1-2H3,(H,26,28). The Hall–Kier alpha value is -3.87. The molecule has 0 spiro atoms. The van der Waals surface area contributed by atoms with Gasteiger partial charge in [0.1, 0.15) is 5.75 Å². The smallest absolute Gasteiger partial charge is 0.345 e. The Morgan fingerprint density at radius 1 is 0.968 bits per heavy atom. The van der Waals surface area contributed by atoms with Crippen LogP contribution in [0.3, 0.4) is 0 Å². The molecule has 3 rings (SSSR count). The van der Waals surface area contributed by atoms with Crippen molar-refractivity contribution in [1.29, 1.82) is 0 Å². The molecule has 0 aromatic heterocycles. The second-order valence-corrected chi connectivity index (χ2v) is 6.69. The monoisotopic (exact) mass is 423 g/mol. The molecule has 1 unspecified atom stereocenters. The number of ether oxygens (including phenoxy) is 3. The summed E-state index contributed by atoms with van der Waals surface area (Å²) in [6, 6.07) is 19.6. The molecular formula is C24H22FNO5. The molecule has 6 nitrogen and oxygen atoms in total. The zero-order valence-electron chi connectivity index (χ0n) is 17.1. The number of methoxy groups -OCH3 is 1. The van der Waals surface area contributed by atoms with Gasteiger partial charge in [-0.3, -0.25) is 4.79 Å². The van der Waals surface area contributed by atoms with E-state index < -0.39 is 30.4 Å². The van der Waals surface area contributed by atoms with E-state index in [2.05, 4.69) is 5.32 Å². The van der Waals surface area contributed by atoms with E-state index in [-0.39, 0.29) is 5.75 Å². The summed E-state index contributed by atoms with van der Waals surface area (Å²) < 4.78 is 29.6. The molecule has 0 radical (unpaired) electrons. The summed E-state index contributed by atoms with van der Waals surface area (Å²) in [6.45, 7) is 1.33. The Balaban J connectivity index is 1.76. The van der Waals surface area contributed by atoms with Gasteiger partial charge >= 0.3 is 5.97 Å². The maximum absolute atomic E-state index is 13.7. The number of anilines is 1. The molecule has 1 atom stereocenters. The van der Waals surface area contributed by atoms with E-state index in [1.54, 1.807) is 48.5 Å². The zero-order valence-corrected chi connectivity index (χ0v) is 17.1. The first-order valence-corrected chi connectivity index (χ1v) is 9.55. The normalized spacial score (nSPS) is 11.3. The Morgan fingerprint density at radius 2 is 1.68 bits per heavy atom. The van der Waals surface area contributed by atoms with Gasteiger partial charge in [0.25, 0.3) is 5.91 Å². The minimum Gasteiger partial charge on any atom is -0.495 e. The topological polar surface area (TPSA) is 73.9 Å². The third kappa shape index (κ3) is 5.82. The summed E-state index contributed by atoms with van der Waals surface area (Å²) in [5, 5.41) is 2.75. The fourth-order valence-electron chi connectivity index (χ4n) is 2.88. The predicted octanol–water partition coefficient (Wildman–Crippen LogP) is 4.44. The predicted molar refractivity (Wildman–Crippen MR) is 114 cm³/mol. The summed E-state index contributed by atoms with van der Waals surface area (Å²) in [5.74, 6) is -1.58. The Labute approximate surface area is 179 Å². The maximum atomic E-state index is 13.7. The van der Waals surface area contributed by atoms with Crippen molar-refractivity contribution >= 4 is 17.6 Å². The molecule has 1 amide bonds. The number of nitrogens with one attached hydrogen (secondary N) is 1. The molecule has 0 aliphatic rings. The number of hydrogen-bond donors (Lipinski definition) is 1. The van der Waals surface area contributed by atoms with Crippen LogP contribution >= 0.6 is 0 Å². The largest absolute Gasteiger partial charge is 0.495 e. The van der Waals surface area contributed by atoms with Crippen LogP contribution in [0, 0.1) is 12.7 Å². The molecule has 31 heavy (non-hydrogen) atoms. The van der Waals surface area contributed by atoms with Gasteiger partial charge in [0.05, 0.1) is 12.8 Å². The number of esters is 1. The van der Waals surface area contributed by atoms with Gasteiger partial charge in [-0.1, -0.05) is 48.5 Å². The van der Waals surface area contributed by atoms with Crippen molar-refractivity contribution in [2.75, 3.05) is 19.0 Å². The van der Waals surface area contributed by atoms with Gasteiger partial charge in [0.2, 0.25) is 6.10 Å². The quantitative estimate of drug-likeness (QED) is 0.542. The molecule has 3 aromatic rings. The SMILES string of the molecule is COc1ccc(C)cc1NC(=O)C(OC(=O)COc1ccccc1F)c1ccccc1. The van der Waals surface area contributed by atoms with Crippen LogP contribution in [0.1, 0.15) is 17.2 Å². The van der Waals surface area contributed by atoms with Crippen LogP contribution in [0.5, 0.6) is 11.5 Å². The lowest BCUT2D eigenvalue weighted by atomic mass is 10.1. The van der Waals surface area contributed by atoms with Crippen LogP contribution < -0.4 is 14.8 Å². The lowest BCUT2D eigenvalue weighted by Gasteiger charge is -2.19. The molecule has 0 saturated carbocycles. The van der Waals surface area contributed by atoms with Crippen LogP contribution in [-0.2, 0) is 14.3 Å². The third-order valence-corrected chi connectivity index (χ3v) is 4.38. The number of carbonyl (C=O) groups is 2. The Morgan fingerprint density at radius 3 is 2.39 bits per heavy atom. The second-order valence-electron chi connectivity index (χ2n) is 6.69. The van der Waals surface area contributed by atoms with E-state index in [0.717, 1.165) is 5.56 Å². The van der Waals surface area contributed by atoms with E-state index in [0.29, 0.717) is 17.0 Å². The Kier molecular flexibility index (Phi) is 7.22. The maximum Gasteiger partial charge on any atom is 0.345 e. The summed E-state index contributed by atoms with van der Waals surface area (Å²) in [4.78, 5) is 25.4. The van der Waals surface area contributed by atoms with Crippen LogP contribution in [0.25, 0.3) is 0 Å². The average Bonchev–Trinajstić information content (AvgIpc) is 2.77. The molecule has 7 heteroatoms. The van der Waals surface area contributed by atoms with Crippen molar-refractivity contribution < 1.29 is 28.2 Å². The van der Waals surface area contributed by atoms with Crippen molar-refractivity contribution in [2.45, 2.75) is 13.0 Å². The molecule has 1 N–H and O–H groups in total. The molecule has 0 heterocycles. The zero-order chi connectivity index (χ0) is 22.2. The number of hydrogen-bond acceptors (Lipinski definition) is 5. The number of aryl methyl sites for hydroxylation is 1. The van der Waals surface area contributed by atoms with Crippen molar-refractivity contribution in [3.05, 3.63) is 89.7 Å². The third-order valence-electron chi connectivity index (χ3n) is 4.38. The minimum atomic E-state index is -1.23. The van der Waals surface area contributed by atoms with Crippen molar-refractivity contribution in [3.8, 4) is 11.5 Å². The highest BCUT2D eigenvalue weighted by Gasteiger charge is 2.26. The fraction of sp³-hybridized carbons (Fsp3) is 0.167. The molecule has 160 valence electrons. The molecule has 0 saturated heterocycles. The van der Waals surface area contributed by atoms with Gasteiger partial charge in [-0.2, -0.15) is 0 Å². The van der Waals surface area contributed by atoms with E-state index in [4.69, 9.17) is 14.2 Å². The lowest BCUT2D eigenvalue weighted by molar-refractivity contribution is -0.156. The number of amides is 1. The van der Waals surface area contributed by atoms with Gasteiger partial charge in [0.15, 0.2) is 18.2 Å². The van der Waals surface area contributed by atoms with Crippen LogP contribution in [-0.4, -0.2) is 25.6 Å². The number of rotatable bonds is 8. The van der Waals surface area contributed by atoms with Gasteiger partial charge in [-0.15, -0.1) is 0 Å². The van der Waals surface area contributed by atoms with Crippen LogP contribution in [0.2, 0.25) is 0 Å². The van der Waals surface area contributed by atoms with E-state index >= 15 is 0 Å². The summed E-state index contributed by atoms with van der Waals surface area (Å²) in [7, 11) is 1.50. The Bertz CT molecular complexity index is 1050. The fourth-order valence-corrected chi connectivity index (χ4v) is 2.88. The molecule has 0 aliphatic carbocycles. The summed E-state index contributed by atoms with van der Waals surface area (Å²) >= 11 is 0. The first-order valence-electron chi connectivity index (χ1n) is 9.55. The minimum absolute atomic E-state index is 0.0790.